The highest BCUT2D eigenvalue weighted by Crippen LogP contribution is 2.23. The summed E-state index contributed by atoms with van der Waals surface area (Å²) in [5.74, 6) is -2.50. The van der Waals surface area contributed by atoms with Crippen LogP contribution < -0.4 is 15.4 Å². The molecule has 1 aliphatic heterocycles. The smallest absolute Gasteiger partial charge is 0.317 e. The number of para-hydroxylation sites is 2. The predicted octanol–water partition coefficient (Wildman–Crippen LogP) is 1.13. The number of nitrogens with one attached hydrogen (secondary N) is 2. The molecule has 0 spiro atoms. The van der Waals surface area contributed by atoms with Gasteiger partial charge in [-0.05, 0) is 24.6 Å². The van der Waals surface area contributed by atoms with Gasteiger partial charge in [0.1, 0.15) is 5.52 Å². The number of amides is 3. The van der Waals surface area contributed by atoms with Gasteiger partial charge in [-0.2, -0.15) is 4.73 Å². The minimum Gasteiger partial charge on any atom is -0.618 e. The minimum absolute atomic E-state index is 0.178. The molecule has 1 aliphatic rings. The fourth-order valence-electron chi connectivity index (χ4n) is 4.35. The zero-order chi connectivity index (χ0) is 28.7. The Bertz CT molecular complexity index is 1440. The van der Waals surface area contributed by atoms with Gasteiger partial charge < -0.3 is 29.9 Å². The number of carbonyl (C=O) groups excluding carboxylic acids is 3. The summed E-state index contributed by atoms with van der Waals surface area (Å²) >= 11 is 0. The Morgan fingerprint density at radius 2 is 1.85 bits per heavy atom. The molecule has 3 heterocycles. The number of rotatable bonds is 11. The number of urea groups is 1. The molecule has 2 N–H and O–H groups in total. The van der Waals surface area contributed by atoms with Gasteiger partial charge in [-0.15, -0.1) is 0 Å². The van der Waals surface area contributed by atoms with Crippen LogP contribution in [0.4, 0.5) is 4.79 Å². The molecule has 3 amide bonds. The number of nitrogens with zero attached hydrogens (tertiary/aromatic N) is 3. The molecule has 0 bridgehead atoms. The monoisotopic (exact) mass is 573 g/mol. The number of sulfone groups is 1. The number of carbonyl (C=O) groups is 3. The van der Waals surface area contributed by atoms with Crippen molar-refractivity contribution in [2.24, 2.45) is 0 Å². The number of hydrogen-bond acceptors (Lipinski definition) is 9. The fraction of sp³-hybridized carbons (Fsp3) is 0.423. The van der Waals surface area contributed by atoms with Crippen molar-refractivity contribution in [3.05, 3.63) is 65.5 Å². The van der Waals surface area contributed by atoms with Crippen molar-refractivity contribution in [2.45, 2.75) is 31.1 Å². The molecule has 3 aromatic rings. The van der Waals surface area contributed by atoms with Crippen LogP contribution in [0.1, 0.15) is 41.4 Å². The van der Waals surface area contributed by atoms with E-state index in [-0.39, 0.29) is 24.6 Å². The summed E-state index contributed by atoms with van der Waals surface area (Å²) < 4.78 is 38.0. The van der Waals surface area contributed by atoms with Gasteiger partial charge in [0.05, 0.1) is 25.0 Å². The topological polar surface area (TPSA) is 175 Å². The quantitative estimate of drug-likeness (QED) is 0.193. The van der Waals surface area contributed by atoms with E-state index in [1.165, 1.54) is 23.1 Å². The molecular formula is C26H31N5O8S. The van der Waals surface area contributed by atoms with Crippen LogP contribution in [0.5, 0.6) is 0 Å². The zero-order valence-electron chi connectivity index (χ0n) is 21.9. The van der Waals surface area contributed by atoms with Gasteiger partial charge in [0.25, 0.3) is 5.89 Å². The van der Waals surface area contributed by atoms with Crippen LogP contribution in [0.3, 0.4) is 0 Å². The van der Waals surface area contributed by atoms with E-state index in [9.17, 15) is 28.0 Å². The third-order valence-electron chi connectivity index (χ3n) is 6.40. The number of fused-ring (bicyclic) bond motifs is 1. The van der Waals surface area contributed by atoms with Crippen LogP contribution in [-0.4, -0.2) is 80.7 Å². The van der Waals surface area contributed by atoms with E-state index >= 15 is 0 Å². The van der Waals surface area contributed by atoms with Gasteiger partial charge in [0.15, 0.2) is 21.6 Å². The average Bonchev–Trinajstić information content (AvgIpc) is 3.38. The van der Waals surface area contributed by atoms with E-state index in [0.29, 0.717) is 48.6 Å². The largest absolute Gasteiger partial charge is 0.618 e. The summed E-state index contributed by atoms with van der Waals surface area (Å²) in [4.78, 5) is 44.9. The molecule has 2 atom stereocenters. The average molecular weight is 574 g/mol. The van der Waals surface area contributed by atoms with Gasteiger partial charge in [0.2, 0.25) is 22.6 Å². The Labute approximate surface area is 231 Å². The number of oxazole rings is 1. The Balaban J connectivity index is 1.54. The van der Waals surface area contributed by atoms with E-state index in [2.05, 4.69) is 15.6 Å². The second kappa shape index (κ2) is 12.9. The highest BCUT2D eigenvalue weighted by molar-refractivity contribution is 7.92. The van der Waals surface area contributed by atoms with Crippen molar-refractivity contribution >= 4 is 38.7 Å². The predicted molar refractivity (Wildman–Crippen MR) is 143 cm³/mol. The Hall–Kier alpha value is -4.04. The van der Waals surface area contributed by atoms with Gasteiger partial charge in [-0.1, -0.05) is 25.5 Å². The van der Waals surface area contributed by atoms with Crippen LogP contribution >= 0.6 is 0 Å². The first-order chi connectivity index (χ1) is 19.2. The Kier molecular flexibility index (Phi) is 9.32. The van der Waals surface area contributed by atoms with Crippen LogP contribution in [0.2, 0.25) is 0 Å². The lowest BCUT2D eigenvalue weighted by Gasteiger charge is -2.27. The first-order valence-corrected chi connectivity index (χ1v) is 14.6. The third kappa shape index (κ3) is 6.74. The van der Waals surface area contributed by atoms with Crippen molar-refractivity contribution in [3.63, 3.8) is 0 Å². The molecule has 40 heavy (non-hydrogen) atoms. The second-order valence-electron chi connectivity index (χ2n) is 9.23. The van der Waals surface area contributed by atoms with Crippen molar-refractivity contribution in [1.82, 2.24) is 20.5 Å². The molecule has 13 nitrogen and oxygen atoms in total. The Morgan fingerprint density at radius 3 is 2.55 bits per heavy atom. The number of pyridine rings is 1. The molecule has 1 fully saturated rings. The number of benzene rings is 1. The Morgan fingerprint density at radius 1 is 1.12 bits per heavy atom. The van der Waals surface area contributed by atoms with E-state index in [1.54, 1.807) is 31.2 Å². The van der Waals surface area contributed by atoms with Crippen molar-refractivity contribution in [1.29, 1.82) is 0 Å². The van der Waals surface area contributed by atoms with Gasteiger partial charge >= 0.3 is 6.03 Å². The van der Waals surface area contributed by atoms with Crippen LogP contribution in [0.15, 0.2) is 53.1 Å². The number of aromatic nitrogens is 2. The van der Waals surface area contributed by atoms with Gasteiger partial charge in [-0.25, -0.2) is 18.2 Å². The molecule has 2 aromatic heterocycles. The van der Waals surface area contributed by atoms with E-state index in [4.69, 9.17) is 9.15 Å². The maximum atomic E-state index is 13.5. The molecule has 1 unspecified atom stereocenters. The fourth-order valence-corrected chi connectivity index (χ4v) is 5.92. The molecule has 0 saturated carbocycles. The normalized spacial score (nSPS) is 15.4. The van der Waals surface area contributed by atoms with E-state index < -0.39 is 44.6 Å². The van der Waals surface area contributed by atoms with E-state index in [0.717, 1.165) is 6.20 Å². The van der Waals surface area contributed by atoms with Crippen molar-refractivity contribution < 1.29 is 36.7 Å². The molecule has 4 rings (SSSR count). The van der Waals surface area contributed by atoms with Crippen molar-refractivity contribution in [3.8, 4) is 0 Å². The molecular weight excluding hydrogens is 542 g/mol. The van der Waals surface area contributed by atoms with Crippen LogP contribution in [0, 0.1) is 5.21 Å². The third-order valence-corrected chi connectivity index (χ3v) is 8.34. The zero-order valence-corrected chi connectivity index (χ0v) is 22.8. The maximum absolute atomic E-state index is 13.5. The number of ether oxygens (including phenoxy) is 1. The summed E-state index contributed by atoms with van der Waals surface area (Å²) in [5, 5.41) is 15.7. The van der Waals surface area contributed by atoms with Crippen molar-refractivity contribution in [2.75, 3.05) is 38.6 Å². The molecule has 0 radical (unpaired) electrons. The molecule has 1 saturated heterocycles. The summed E-state index contributed by atoms with van der Waals surface area (Å²) in [6.07, 6.45) is 1.74. The summed E-state index contributed by atoms with van der Waals surface area (Å²) in [7, 11) is -4.34. The summed E-state index contributed by atoms with van der Waals surface area (Å²) in [6, 6.07) is 9.26. The van der Waals surface area contributed by atoms with Crippen LogP contribution in [0.25, 0.3) is 11.1 Å². The standard InChI is InChI=1S/C26H31N5O8S/c1-2-7-19(22(32)25-29-18-8-3-4-10-21(18)39-25)28-24(33)23(20-9-5-6-12-31(20)35)40(36,37)17-11-27-26(34)30-13-15-38-16-14-30/h3-6,8-10,12,19,23H,2,7,11,13-17H2,1H3,(H,27,34)(H,28,33)/t19-,23?/m0/s1. The second-order valence-corrected chi connectivity index (χ2v) is 11.4. The molecule has 0 aliphatic carbocycles. The highest BCUT2D eigenvalue weighted by atomic mass is 32.2. The molecule has 1 aromatic carbocycles. The lowest BCUT2D eigenvalue weighted by Crippen LogP contribution is -2.49. The lowest BCUT2D eigenvalue weighted by molar-refractivity contribution is -0.613. The van der Waals surface area contributed by atoms with Gasteiger partial charge in [0, 0.05) is 31.8 Å². The first kappa shape index (κ1) is 29.0. The molecule has 214 valence electrons. The maximum Gasteiger partial charge on any atom is 0.317 e. The van der Waals surface area contributed by atoms with E-state index in [1.807, 2.05) is 0 Å². The van der Waals surface area contributed by atoms with Gasteiger partial charge in [-0.3, -0.25) is 9.59 Å². The minimum atomic E-state index is -4.34. The number of hydrogen-bond donors (Lipinski definition) is 2. The van der Waals surface area contributed by atoms with Crippen LogP contribution in [-0.2, 0) is 19.4 Å². The number of morpholine rings is 1. The lowest BCUT2D eigenvalue weighted by atomic mass is 10.1. The SMILES string of the molecule is CCC[C@H](NC(=O)C(c1cccc[n+]1[O-])S(=O)(=O)CCNC(=O)N1CCOCC1)C(=O)c1nc2ccccc2o1. The number of ketones is 1. The summed E-state index contributed by atoms with van der Waals surface area (Å²) in [6.45, 7) is 3.02. The summed E-state index contributed by atoms with van der Waals surface area (Å²) in [5.41, 5.74) is 0.524. The first-order valence-electron chi connectivity index (χ1n) is 12.9. The molecule has 14 heteroatoms. The highest BCUT2D eigenvalue weighted by Gasteiger charge is 2.41. The number of Topliss-reactive ketones (excluding diaryl/α,β-unsaturated/α-hetero) is 1.